The molecule has 0 aliphatic rings. The molecule has 0 N–H and O–H groups in total. The third kappa shape index (κ3) is 2.70. The van der Waals surface area contributed by atoms with Crippen LogP contribution < -0.4 is 0 Å². The number of pyridine rings is 2. The number of hydrogen-bond donors (Lipinski definition) is 0. The minimum atomic E-state index is 0.894. The highest BCUT2D eigenvalue weighted by Gasteiger charge is 2.10. The normalized spacial score (nSPS) is 10.7. The van der Waals surface area contributed by atoms with E-state index in [0.717, 1.165) is 33.9 Å². The van der Waals surface area contributed by atoms with Gasteiger partial charge in [-0.15, -0.1) is 0 Å². The van der Waals surface area contributed by atoms with Crippen LogP contribution in [-0.4, -0.2) is 19.5 Å². The maximum Gasteiger partial charge on any atom is 0.141 e. The Morgan fingerprint density at radius 2 is 1.58 bits per heavy atom. The van der Waals surface area contributed by atoms with E-state index in [2.05, 4.69) is 28.2 Å². The van der Waals surface area contributed by atoms with Crippen molar-refractivity contribution in [2.45, 2.75) is 0 Å². The van der Waals surface area contributed by atoms with Crippen LogP contribution >= 0.6 is 0 Å². The molecule has 4 aromatic rings. The molecule has 3 aromatic heterocycles. The Hall–Kier alpha value is -3.27. The standard InChI is InChI=1S/C20H16N4/c1-24-14-19(23-20(24)17-8-5-11-21-12-17)16-9-10-18(22-13-16)15-6-3-2-4-7-15/h2-14H,1H3. The molecule has 0 spiro atoms. The average Bonchev–Trinajstić information content (AvgIpc) is 3.05. The van der Waals surface area contributed by atoms with Crippen LogP contribution in [0.15, 0.2) is 79.4 Å². The maximum atomic E-state index is 4.74. The third-order valence-electron chi connectivity index (χ3n) is 3.92. The number of benzene rings is 1. The first-order valence-electron chi connectivity index (χ1n) is 7.77. The van der Waals surface area contributed by atoms with Crippen LogP contribution in [-0.2, 0) is 7.05 Å². The summed E-state index contributed by atoms with van der Waals surface area (Å²) < 4.78 is 2.01. The molecule has 3 heterocycles. The van der Waals surface area contributed by atoms with Crippen molar-refractivity contribution in [3.63, 3.8) is 0 Å². The molecule has 0 aliphatic carbocycles. The molecule has 4 rings (SSSR count). The number of aromatic nitrogens is 4. The SMILES string of the molecule is Cn1cc(-c2ccc(-c3ccccc3)nc2)nc1-c1cccnc1. The fourth-order valence-corrected chi connectivity index (χ4v) is 2.69. The second-order valence-corrected chi connectivity index (χ2v) is 5.60. The lowest BCUT2D eigenvalue weighted by Crippen LogP contribution is -1.90. The minimum Gasteiger partial charge on any atom is -0.333 e. The van der Waals surface area contributed by atoms with E-state index in [1.165, 1.54) is 0 Å². The van der Waals surface area contributed by atoms with E-state index in [9.17, 15) is 0 Å². The summed E-state index contributed by atoms with van der Waals surface area (Å²) in [6.45, 7) is 0. The molecule has 0 amide bonds. The largest absolute Gasteiger partial charge is 0.333 e. The van der Waals surface area contributed by atoms with E-state index in [-0.39, 0.29) is 0 Å². The van der Waals surface area contributed by atoms with Crippen LogP contribution in [0.1, 0.15) is 0 Å². The van der Waals surface area contributed by atoms with Gasteiger partial charge in [-0.05, 0) is 24.3 Å². The number of hydrogen-bond acceptors (Lipinski definition) is 3. The molecule has 24 heavy (non-hydrogen) atoms. The molecule has 4 heteroatoms. The van der Waals surface area contributed by atoms with Gasteiger partial charge in [-0.25, -0.2) is 4.98 Å². The van der Waals surface area contributed by atoms with Gasteiger partial charge in [0.25, 0.3) is 0 Å². The second-order valence-electron chi connectivity index (χ2n) is 5.60. The zero-order valence-electron chi connectivity index (χ0n) is 13.3. The average molecular weight is 312 g/mol. The molecule has 4 nitrogen and oxygen atoms in total. The van der Waals surface area contributed by atoms with Crippen LogP contribution in [0.4, 0.5) is 0 Å². The Morgan fingerprint density at radius 1 is 0.750 bits per heavy atom. The zero-order chi connectivity index (χ0) is 16.4. The number of nitrogens with zero attached hydrogens (tertiary/aromatic N) is 4. The van der Waals surface area contributed by atoms with Crippen molar-refractivity contribution in [2.75, 3.05) is 0 Å². The van der Waals surface area contributed by atoms with Gasteiger partial charge < -0.3 is 4.57 Å². The van der Waals surface area contributed by atoms with Crippen molar-refractivity contribution >= 4 is 0 Å². The lowest BCUT2D eigenvalue weighted by Gasteiger charge is -2.01. The predicted molar refractivity (Wildman–Crippen MR) is 95.1 cm³/mol. The lowest BCUT2D eigenvalue weighted by molar-refractivity contribution is 0.923. The third-order valence-corrected chi connectivity index (χ3v) is 3.92. The summed E-state index contributed by atoms with van der Waals surface area (Å²) in [5.74, 6) is 0.894. The first-order valence-corrected chi connectivity index (χ1v) is 7.77. The van der Waals surface area contributed by atoms with Crippen LogP contribution in [0.5, 0.6) is 0 Å². The lowest BCUT2D eigenvalue weighted by atomic mass is 10.1. The van der Waals surface area contributed by atoms with Gasteiger partial charge in [0.1, 0.15) is 5.82 Å². The summed E-state index contributed by atoms with van der Waals surface area (Å²) in [4.78, 5) is 13.5. The van der Waals surface area contributed by atoms with Gasteiger partial charge in [-0.3, -0.25) is 9.97 Å². The molecular formula is C20H16N4. The molecule has 0 aliphatic heterocycles. The van der Waals surface area contributed by atoms with E-state index in [1.54, 1.807) is 6.20 Å². The molecule has 0 unspecified atom stereocenters. The van der Waals surface area contributed by atoms with Crippen molar-refractivity contribution in [2.24, 2.45) is 7.05 Å². The Bertz CT molecular complexity index is 942. The highest BCUT2D eigenvalue weighted by Crippen LogP contribution is 2.25. The van der Waals surface area contributed by atoms with E-state index in [0.29, 0.717) is 0 Å². The molecule has 0 saturated heterocycles. The maximum absolute atomic E-state index is 4.74. The van der Waals surface area contributed by atoms with Crippen LogP contribution in [0.3, 0.4) is 0 Å². The van der Waals surface area contributed by atoms with Crippen molar-refractivity contribution in [3.05, 3.63) is 79.4 Å². The van der Waals surface area contributed by atoms with Crippen LogP contribution in [0.25, 0.3) is 33.9 Å². The first kappa shape index (κ1) is 14.3. The Kier molecular flexibility index (Phi) is 3.63. The summed E-state index contributed by atoms with van der Waals surface area (Å²) in [5, 5.41) is 0. The predicted octanol–water partition coefficient (Wildman–Crippen LogP) is 4.21. The molecule has 0 saturated carbocycles. The molecule has 0 fully saturated rings. The molecule has 0 radical (unpaired) electrons. The highest BCUT2D eigenvalue weighted by atomic mass is 15.0. The summed E-state index contributed by atoms with van der Waals surface area (Å²) in [6, 6.07) is 18.2. The van der Waals surface area contributed by atoms with E-state index in [1.807, 2.05) is 66.6 Å². The van der Waals surface area contributed by atoms with Crippen LogP contribution in [0, 0.1) is 0 Å². The zero-order valence-corrected chi connectivity index (χ0v) is 13.3. The summed E-state index contributed by atoms with van der Waals surface area (Å²) in [5.41, 5.74) is 4.98. The first-order chi connectivity index (χ1) is 11.8. The monoisotopic (exact) mass is 312 g/mol. The Labute approximate surface area is 140 Å². The van der Waals surface area contributed by atoms with Gasteiger partial charge in [0.15, 0.2) is 0 Å². The van der Waals surface area contributed by atoms with Gasteiger partial charge >= 0.3 is 0 Å². The Morgan fingerprint density at radius 3 is 2.29 bits per heavy atom. The molecule has 0 atom stereocenters. The Balaban J connectivity index is 1.68. The van der Waals surface area contributed by atoms with Crippen LogP contribution in [0.2, 0.25) is 0 Å². The van der Waals surface area contributed by atoms with Gasteiger partial charge in [0.05, 0.1) is 11.4 Å². The van der Waals surface area contributed by atoms with Gasteiger partial charge in [-0.1, -0.05) is 30.3 Å². The number of aryl methyl sites for hydroxylation is 1. The fourth-order valence-electron chi connectivity index (χ4n) is 2.69. The number of imidazole rings is 1. The fraction of sp³-hybridized carbons (Fsp3) is 0.0500. The van der Waals surface area contributed by atoms with Gasteiger partial charge in [0.2, 0.25) is 0 Å². The quantitative estimate of drug-likeness (QED) is 0.569. The summed E-state index contributed by atoms with van der Waals surface area (Å²) in [6.07, 6.45) is 7.47. The van der Waals surface area contributed by atoms with Gasteiger partial charge in [-0.2, -0.15) is 0 Å². The minimum absolute atomic E-state index is 0.894. The number of rotatable bonds is 3. The second kappa shape index (κ2) is 6.08. The molecular weight excluding hydrogens is 296 g/mol. The highest BCUT2D eigenvalue weighted by molar-refractivity contribution is 5.67. The molecule has 0 bridgehead atoms. The topological polar surface area (TPSA) is 43.6 Å². The van der Waals surface area contributed by atoms with Crippen molar-refractivity contribution in [3.8, 4) is 33.9 Å². The van der Waals surface area contributed by atoms with E-state index < -0.39 is 0 Å². The van der Waals surface area contributed by atoms with Crippen molar-refractivity contribution < 1.29 is 0 Å². The summed E-state index contributed by atoms with van der Waals surface area (Å²) >= 11 is 0. The molecule has 116 valence electrons. The van der Waals surface area contributed by atoms with E-state index >= 15 is 0 Å². The molecule has 1 aromatic carbocycles. The van der Waals surface area contributed by atoms with Crippen molar-refractivity contribution in [1.82, 2.24) is 19.5 Å². The van der Waals surface area contributed by atoms with Gasteiger partial charge in [0, 0.05) is 48.5 Å². The van der Waals surface area contributed by atoms with E-state index in [4.69, 9.17) is 4.98 Å². The van der Waals surface area contributed by atoms with Crippen molar-refractivity contribution in [1.29, 1.82) is 0 Å². The summed E-state index contributed by atoms with van der Waals surface area (Å²) in [7, 11) is 1.99. The smallest absolute Gasteiger partial charge is 0.141 e.